The zero-order valence-electron chi connectivity index (χ0n) is 18.2. The third-order valence-electron chi connectivity index (χ3n) is 6.25. The number of ether oxygens (including phenoxy) is 1. The molecule has 1 saturated heterocycles. The Labute approximate surface area is 170 Å². The minimum atomic E-state index is -1.84. The average molecular weight is 406 g/mol. The summed E-state index contributed by atoms with van der Waals surface area (Å²) in [7, 11) is -0.420. The SMILES string of the molecule is COC(=O)[C@H]1CN(Cc2ccccc2)C(=O)C[C@@H]1CCO[Si](C)(C)C(C)(C)C. The van der Waals surface area contributed by atoms with Gasteiger partial charge in [0.1, 0.15) is 0 Å². The number of nitrogens with zero attached hydrogens (tertiary/aromatic N) is 1. The van der Waals surface area contributed by atoms with Gasteiger partial charge in [0.15, 0.2) is 8.32 Å². The molecule has 1 amide bonds. The van der Waals surface area contributed by atoms with E-state index in [-0.39, 0.29) is 28.8 Å². The van der Waals surface area contributed by atoms with E-state index in [0.717, 1.165) is 5.56 Å². The van der Waals surface area contributed by atoms with Crippen LogP contribution in [0.3, 0.4) is 0 Å². The lowest BCUT2D eigenvalue weighted by molar-refractivity contribution is -0.154. The molecule has 0 N–H and O–H groups in total. The second-order valence-corrected chi connectivity index (χ2v) is 14.1. The molecule has 1 heterocycles. The minimum Gasteiger partial charge on any atom is -0.469 e. The van der Waals surface area contributed by atoms with Crippen LogP contribution in [0.1, 0.15) is 39.2 Å². The molecule has 0 bridgehead atoms. The van der Waals surface area contributed by atoms with Crippen molar-refractivity contribution in [2.75, 3.05) is 20.3 Å². The Morgan fingerprint density at radius 2 is 1.86 bits per heavy atom. The van der Waals surface area contributed by atoms with Crippen LogP contribution < -0.4 is 0 Å². The van der Waals surface area contributed by atoms with Crippen LogP contribution in [0.25, 0.3) is 0 Å². The zero-order chi connectivity index (χ0) is 20.9. The largest absolute Gasteiger partial charge is 0.469 e. The van der Waals surface area contributed by atoms with E-state index in [2.05, 4.69) is 33.9 Å². The van der Waals surface area contributed by atoms with E-state index >= 15 is 0 Å². The van der Waals surface area contributed by atoms with Crippen molar-refractivity contribution in [2.24, 2.45) is 11.8 Å². The van der Waals surface area contributed by atoms with Crippen LogP contribution in [-0.4, -0.2) is 45.4 Å². The number of carbonyl (C=O) groups excluding carboxylic acids is 2. The summed E-state index contributed by atoms with van der Waals surface area (Å²) in [4.78, 5) is 26.9. The van der Waals surface area contributed by atoms with E-state index in [0.29, 0.717) is 32.5 Å². The van der Waals surface area contributed by atoms with Gasteiger partial charge in [-0.1, -0.05) is 51.1 Å². The van der Waals surface area contributed by atoms with Gasteiger partial charge in [0.25, 0.3) is 0 Å². The molecule has 2 atom stereocenters. The first kappa shape index (κ1) is 22.6. The van der Waals surface area contributed by atoms with Gasteiger partial charge in [-0.15, -0.1) is 0 Å². The fraction of sp³-hybridized carbons (Fsp3) is 0.636. The van der Waals surface area contributed by atoms with Gasteiger partial charge in [-0.3, -0.25) is 9.59 Å². The molecule has 28 heavy (non-hydrogen) atoms. The summed E-state index contributed by atoms with van der Waals surface area (Å²) in [5, 5.41) is 0.142. The van der Waals surface area contributed by atoms with Gasteiger partial charge in [0, 0.05) is 26.1 Å². The highest BCUT2D eigenvalue weighted by Gasteiger charge is 2.40. The summed E-state index contributed by atoms with van der Waals surface area (Å²) >= 11 is 0. The number of esters is 1. The molecule has 0 spiro atoms. The maximum absolute atomic E-state index is 12.7. The van der Waals surface area contributed by atoms with E-state index in [9.17, 15) is 9.59 Å². The Hall–Kier alpha value is -1.66. The third-order valence-corrected chi connectivity index (χ3v) is 10.8. The maximum Gasteiger partial charge on any atom is 0.310 e. The van der Waals surface area contributed by atoms with Crippen LogP contribution in [-0.2, 0) is 25.3 Å². The topological polar surface area (TPSA) is 55.8 Å². The van der Waals surface area contributed by atoms with Crippen molar-refractivity contribution in [3.63, 3.8) is 0 Å². The molecule has 0 aliphatic carbocycles. The molecule has 0 unspecified atom stereocenters. The van der Waals surface area contributed by atoms with Crippen LogP contribution >= 0.6 is 0 Å². The first-order valence-corrected chi connectivity index (χ1v) is 13.0. The van der Waals surface area contributed by atoms with Gasteiger partial charge < -0.3 is 14.1 Å². The maximum atomic E-state index is 12.7. The predicted octanol–water partition coefficient (Wildman–Crippen LogP) is 4.24. The van der Waals surface area contributed by atoms with Crippen LogP contribution in [0.2, 0.25) is 18.1 Å². The van der Waals surface area contributed by atoms with Crippen molar-refractivity contribution in [2.45, 2.75) is 58.3 Å². The quantitative estimate of drug-likeness (QED) is 0.503. The minimum absolute atomic E-state index is 0.0308. The van der Waals surface area contributed by atoms with Gasteiger partial charge in [0.2, 0.25) is 5.91 Å². The van der Waals surface area contributed by atoms with Crippen LogP contribution in [0.5, 0.6) is 0 Å². The molecule has 0 aromatic heterocycles. The fourth-order valence-electron chi connectivity index (χ4n) is 3.34. The highest BCUT2D eigenvalue weighted by Crippen LogP contribution is 2.37. The zero-order valence-corrected chi connectivity index (χ0v) is 19.2. The number of rotatable bonds is 7. The standard InChI is InChI=1S/C22H35NO4Si/c1-22(2,3)28(5,6)27-13-12-18-14-20(24)23(16-19(18)21(25)26-4)15-17-10-8-7-9-11-17/h7-11,18-19H,12-16H2,1-6H3/t18-,19-/m0/s1. The number of methoxy groups -OCH3 is 1. The van der Waals surface area contributed by atoms with Crippen molar-refractivity contribution in [3.8, 4) is 0 Å². The molecule has 0 saturated carbocycles. The molecule has 1 aliphatic heterocycles. The molecular formula is C22H35NO4Si. The van der Waals surface area contributed by atoms with Crippen molar-refractivity contribution in [1.29, 1.82) is 0 Å². The molecule has 1 aromatic rings. The molecule has 1 aliphatic rings. The molecule has 2 rings (SSSR count). The van der Waals surface area contributed by atoms with Crippen molar-refractivity contribution >= 4 is 20.2 Å². The van der Waals surface area contributed by atoms with Crippen LogP contribution in [0.4, 0.5) is 0 Å². The smallest absolute Gasteiger partial charge is 0.310 e. The Kier molecular flexibility index (Phi) is 7.45. The van der Waals surface area contributed by atoms with E-state index in [1.165, 1.54) is 7.11 Å². The first-order chi connectivity index (χ1) is 13.0. The highest BCUT2D eigenvalue weighted by molar-refractivity contribution is 6.74. The molecule has 5 nitrogen and oxygen atoms in total. The Balaban J connectivity index is 2.02. The van der Waals surface area contributed by atoms with Gasteiger partial charge in [-0.05, 0) is 36.0 Å². The first-order valence-electron chi connectivity index (χ1n) is 10.1. The summed E-state index contributed by atoms with van der Waals surface area (Å²) in [6.45, 7) is 12.6. The van der Waals surface area contributed by atoms with Crippen molar-refractivity contribution < 1.29 is 18.8 Å². The van der Waals surface area contributed by atoms with E-state index in [4.69, 9.17) is 9.16 Å². The van der Waals surface area contributed by atoms with Crippen LogP contribution in [0.15, 0.2) is 30.3 Å². The second kappa shape index (κ2) is 9.22. The lowest BCUT2D eigenvalue weighted by Gasteiger charge is -2.39. The predicted molar refractivity (Wildman–Crippen MR) is 113 cm³/mol. The Morgan fingerprint density at radius 1 is 1.21 bits per heavy atom. The molecule has 156 valence electrons. The van der Waals surface area contributed by atoms with E-state index < -0.39 is 8.32 Å². The van der Waals surface area contributed by atoms with Crippen molar-refractivity contribution in [1.82, 2.24) is 4.90 Å². The summed E-state index contributed by atoms with van der Waals surface area (Å²) < 4.78 is 11.3. The summed E-state index contributed by atoms with van der Waals surface area (Å²) in [5.41, 5.74) is 1.07. The van der Waals surface area contributed by atoms with Gasteiger partial charge >= 0.3 is 5.97 Å². The Bertz CT molecular complexity index is 669. The summed E-state index contributed by atoms with van der Waals surface area (Å²) in [5.74, 6) is -0.463. The average Bonchev–Trinajstić information content (AvgIpc) is 2.63. The number of benzene rings is 1. The number of hydrogen-bond acceptors (Lipinski definition) is 4. The summed E-state index contributed by atoms with van der Waals surface area (Å²) in [6.07, 6.45) is 1.07. The number of carbonyl (C=O) groups is 2. The second-order valence-electron chi connectivity index (χ2n) is 9.25. The molecular weight excluding hydrogens is 370 g/mol. The number of hydrogen-bond donors (Lipinski definition) is 0. The number of likely N-dealkylation sites (tertiary alicyclic amines) is 1. The lowest BCUT2D eigenvalue weighted by atomic mass is 9.82. The fourth-order valence-corrected chi connectivity index (χ4v) is 4.41. The van der Waals surface area contributed by atoms with E-state index in [1.54, 1.807) is 4.90 Å². The highest BCUT2D eigenvalue weighted by atomic mass is 28.4. The van der Waals surface area contributed by atoms with Gasteiger partial charge in [-0.2, -0.15) is 0 Å². The monoisotopic (exact) mass is 405 g/mol. The van der Waals surface area contributed by atoms with Crippen LogP contribution in [0, 0.1) is 11.8 Å². The molecule has 1 fully saturated rings. The summed E-state index contributed by atoms with van der Waals surface area (Å²) in [6, 6.07) is 9.88. The third kappa shape index (κ3) is 5.67. The normalized spacial score (nSPS) is 20.9. The number of piperidine rings is 1. The lowest BCUT2D eigenvalue weighted by Crippen LogP contribution is -2.48. The van der Waals surface area contributed by atoms with Gasteiger partial charge in [-0.25, -0.2) is 0 Å². The van der Waals surface area contributed by atoms with Crippen molar-refractivity contribution in [3.05, 3.63) is 35.9 Å². The van der Waals surface area contributed by atoms with Gasteiger partial charge in [0.05, 0.1) is 13.0 Å². The molecule has 6 heteroatoms. The molecule has 1 aromatic carbocycles. The number of amides is 1. The van der Waals surface area contributed by atoms with E-state index in [1.807, 2.05) is 30.3 Å². The Morgan fingerprint density at radius 3 is 2.43 bits per heavy atom. The molecule has 0 radical (unpaired) electrons.